The standard InChI is InChI=1S/C12H21FN4/c1-8(2)10(14)5-6-17(4)12-11(13)9(3)15-7-16-12/h7-8,10H,5-6,14H2,1-4H3. The fraction of sp³-hybridized carbons (Fsp3) is 0.667. The molecule has 1 aromatic heterocycles. The van der Waals surface area contributed by atoms with Gasteiger partial charge in [-0.2, -0.15) is 0 Å². The van der Waals surface area contributed by atoms with Crippen molar-refractivity contribution in [3.63, 3.8) is 0 Å². The highest BCUT2D eigenvalue weighted by atomic mass is 19.1. The Balaban J connectivity index is 2.64. The molecule has 5 heteroatoms. The van der Waals surface area contributed by atoms with Crippen molar-refractivity contribution >= 4 is 5.82 Å². The number of hydrogen-bond donors (Lipinski definition) is 1. The molecule has 1 atom stereocenters. The minimum Gasteiger partial charge on any atom is -0.357 e. The predicted octanol–water partition coefficient (Wildman–Crippen LogP) is 1.73. The molecule has 4 nitrogen and oxygen atoms in total. The van der Waals surface area contributed by atoms with E-state index < -0.39 is 0 Å². The van der Waals surface area contributed by atoms with Crippen LogP contribution in [0.15, 0.2) is 6.33 Å². The Morgan fingerprint density at radius 3 is 2.65 bits per heavy atom. The predicted molar refractivity (Wildman–Crippen MR) is 67.4 cm³/mol. The Hall–Kier alpha value is -1.23. The van der Waals surface area contributed by atoms with Crippen molar-refractivity contribution in [1.82, 2.24) is 9.97 Å². The molecule has 0 saturated heterocycles. The fourth-order valence-corrected chi connectivity index (χ4v) is 1.49. The lowest BCUT2D eigenvalue weighted by molar-refractivity contribution is 0.464. The highest BCUT2D eigenvalue weighted by Crippen LogP contribution is 2.16. The maximum absolute atomic E-state index is 13.7. The van der Waals surface area contributed by atoms with Gasteiger partial charge in [0.15, 0.2) is 11.6 Å². The van der Waals surface area contributed by atoms with E-state index in [9.17, 15) is 4.39 Å². The summed E-state index contributed by atoms with van der Waals surface area (Å²) in [6, 6.07) is 0.128. The Bertz CT molecular complexity index is 368. The largest absolute Gasteiger partial charge is 0.357 e. The fourth-order valence-electron chi connectivity index (χ4n) is 1.49. The van der Waals surface area contributed by atoms with Gasteiger partial charge in [-0.05, 0) is 19.3 Å². The van der Waals surface area contributed by atoms with Gasteiger partial charge in [0.2, 0.25) is 0 Å². The lowest BCUT2D eigenvalue weighted by atomic mass is 10.0. The maximum Gasteiger partial charge on any atom is 0.186 e. The van der Waals surface area contributed by atoms with Gasteiger partial charge in [-0.25, -0.2) is 14.4 Å². The van der Waals surface area contributed by atoms with E-state index in [2.05, 4.69) is 23.8 Å². The SMILES string of the molecule is Cc1ncnc(N(C)CCC(N)C(C)C)c1F. The lowest BCUT2D eigenvalue weighted by Gasteiger charge is -2.22. The summed E-state index contributed by atoms with van der Waals surface area (Å²) in [7, 11) is 1.82. The van der Waals surface area contributed by atoms with Gasteiger partial charge in [0, 0.05) is 19.6 Å². The normalized spacial score (nSPS) is 12.9. The second-order valence-electron chi connectivity index (χ2n) is 4.71. The molecule has 2 N–H and O–H groups in total. The van der Waals surface area contributed by atoms with Crippen LogP contribution in [0.5, 0.6) is 0 Å². The molecule has 0 radical (unpaired) electrons. The van der Waals surface area contributed by atoms with Crippen molar-refractivity contribution in [2.75, 3.05) is 18.5 Å². The minimum absolute atomic E-state index is 0.128. The number of aryl methyl sites for hydroxylation is 1. The van der Waals surface area contributed by atoms with Crippen LogP contribution in [0.25, 0.3) is 0 Å². The van der Waals surface area contributed by atoms with Crippen LogP contribution in [0.3, 0.4) is 0 Å². The summed E-state index contributed by atoms with van der Waals surface area (Å²) in [4.78, 5) is 9.55. The van der Waals surface area contributed by atoms with Gasteiger partial charge in [-0.15, -0.1) is 0 Å². The van der Waals surface area contributed by atoms with E-state index in [1.807, 2.05) is 7.05 Å². The molecule has 0 aliphatic rings. The third-order valence-electron chi connectivity index (χ3n) is 2.96. The topological polar surface area (TPSA) is 55.0 Å². The van der Waals surface area contributed by atoms with Crippen LogP contribution < -0.4 is 10.6 Å². The van der Waals surface area contributed by atoms with E-state index in [0.717, 1.165) is 6.42 Å². The second kappa shape index (κ2) is 5.91. The molecule has 0 saturated carbocycles. The van der Waals surface area contributed by atoms with E-state index >= 15 is 0 Å². The minimum atomic E-state index is -0.354. The zero-order chi connectivity index (χ0) is 13.0. The quantitative estimate of drug-likeness (QED) is 0.851. The molecule has 0 aromatic carbocycles. The summed E-state index contributed by atoms with van der Waals surface area (Å²) in [6.45, 7) is 6.49. The molecule has 1 heterocycles. The molecule has 0 spiro atoms. The number of nitrogens with zero attached hydrogens (tertiary/aromatic N) is 3. The number of halogens is 1. The summed E-state index contributed by atoms with van der Waals surface area (Å²) in [5.74, 6) is 0.418. The van der Waals surface area contributed by atoms with Gasteiger partial charge in [-0.3, -0.25) is 0 Å². The van der Waals surface area contributed by atoms with Crippen molar-refractivity contribution < 1.29 is 4.39 Å². The molecule has 17 heavy (non-hydrogen) atoms. The Morgan fingerprint density at radius 2 is 2.06 bits per heavy atom. The van der Waals surface area contributed by atoms with Gasteiger partial charge in [0.25, 0.3) is 0 Å². The summed E-state index contributed by atoms with van der Waals surface area (Å²) in [6.07, 6.45) is 2.20. The Morgan fingerprint density at radius 1 is 1.41 bits per heavy atom. The summed E-state index contributed by atoms with van der Waals surface area (Å²) >= 11 is 0. The van der Waals surface area contributed by atoms with E-state index in [4.69, 9.17) is 5.73 Å². The molecule has 1 unspecified atom stereocenters. The molecule has 1 rings (SSSR count). The third-order valence-corrected chi connectivity index (χ3v) is 2.96. The second-order valence-corrected chi connectivity index (χ2v) is 4.71. The smallest absolute Gasteiger partial charge is 0.186 e. The number of rotatable bonds is 5. The van der Waals surface area contributed by atoms with Gasteiger partial charge < -0.3 is 10.6 Å². The molecule has 0 aliphatic heterocycles. The monoisotopic (exact) mass is 240 g/mol. The molecular formula is C12H21FN4. The van der Waals surface area contributed by atoms with Crippen molar-refractivity contribution in [1.29, 1.82) is 0 Å². The van der Waals surface area contributed by atoms with Gasteiger partial charge in [0.05, 0.1) is 5.69 Å². The van der Waals surface area contributed by atoms with Crippen LogP contribution in [0.2, 0.25) is 0 Å². The first-order valence-corrected chi connectivity index (χ1v) is 5.87. The molecule has 0 amide bonds. The lowest BCUT2D eigenvalue weighted by Crippen LogP contribution is -2.32. The zero-order valence-corrected chi connectivity index (χ0v) is 10.9. The number of nitrogens with two attached hydrogens (primary N) is 1. The van der Waals surface area contributed by atoms with Crippen LogP contribution in [-0.4, -0.2) is 29.6 Å². The van der Waals surface area contributed by atoms with Crippen molar-refractivity contribution in [3.8, 4) is 0 Å². The number of aromatic nitrogens is 2. The van der Waals surface area contributed by atoms with Crippen LogP contribution in [-0.2, 0) is 0 Å². The van der Waals surface area contributed by atoms with Crippen LogP contribution in [0.1, 0.15) is 26.0 Å². The number of hydrogen-bond acceptors (Lipinski definition) is 4. The van der Waals surface area contributed by atoms with Gasteiger partial charge in [-0.1, -0.05) is 13.8 Å². The first-order valence-electron chi connectivity index (χ1n) is 5.87. The summed E-state index contributed by atoms with van der Waals surface area (Å²) < 4.78 is 13.7. The highest BCUT2D eigenvalue weighted by Gasteiger charge is 2.14. The maximum atomic E-state index is 13.7. The third kappa shape index (κ3) is 3.63. The Labute approximate surface area is 102 Å². The average Bonchev–Trinajstić information content (AvgIpc) is 2.29. The molecule has 0 fully saturated rings. The highest BCUT2D eigenvalue weighted by molar-refractivity contribution is 5.39. The zero-order valence-electron chi connectivity index (χ0n) is 10.9. The van der Waals surface area contributed by atoms with E-state index in [1.165, 1.54) is 6.33 Å². The van der Waals surface area contributed by atoms with E-state index in [1.54, 1.807) is 11.8 Å². The molecule has 1 aromatic rings. The van der Waals surface area contributed by atoms with E-state index in [-0.39, 0.29) is 11.9 Å². The summed E-state index contributed by atoms with van der Waals surface area (Å²) in [5.41, 5.74) is 6.33. The average molecular weight is 240 g/mol. The van der Waals surface area contributed by atoms with Crippen molar-refractivity contribution in [3.05, 3.63) is 17.8 Å². The van der Waals surface area contributed by atoms with Crippen LogP contribution in [0, 0.1) is 18.7 Å². The molecular weight excluding hydrogens is 219 g/mol. The first kappa shape index (κ1) is 13.8. The van der Waals surface area contributed by atoms with Crippen LogP contribution in [0.4, 0.5) is 10.2 Å². The molecule has 0 aliphatic carbocycles. The molecule has 0 bridgehead atoms. The first-order chi connectivity index (χ1) is 7.93. The van der Waals surface area contributed by atoms with Crippen LogP contribution >= 0.6 is 0 Å². The summed E-state index contributed by atoms with van der Waals surface area (Å²) in [5, 5.41) is 0. The van der Waals surface area contributed by atoms with Crippen molar-refractivity contribution in [2.45, 2.75) is 33.2 Å². The van der Waals surface area contributed by atoms with Crippen molar-refractivity contribution in [2.24, 2.45) is 11.7 Å². The number of anilines is 1. The van der Waals surface area contributed by atoms with Gasteiger partial charge >= 0.3 is 0 Å². The Kier molecular flexibility index (Phi) is 4.81. The van der Waals surface area contributed by atoms with Gasteiger partial charge in [0.1, 0.15) is 6.33 Å². The van der Waals surface area contributed by atoms with E-state index in [0.29, 0.717) is 24.0 Å². The molecule has 96 valence electrons.